The lowest BCUT2D eigenvalue weighted by atomic mass is 9.97. The number of rotatable bonds is 3. The summed E-state index contributed by atoms with van der Waals surface area (Å²) < 4.78 is 5.31. The van der Waals surface area contributed by atoms with Gasteiger partial charge in [-0.05, 0) is 18.6 Å². The third kappa shape index (κ3) is 2.73. The number of hydrogen-bond donors (Lipinski definition) is 2. The first-order valence-corrected chi connectivity index (χ1v) is 7.78. The second-order valence-electron chi connectivity index (χ2n) is 5.92. The van der Waals surface area contributed by atoms with Crippen LogP contribution in [0.3, 0.4) is 0 Å². The molecule has 24 heavy (non-hydrogen) atoms. The van der Waals surface area contributed by atoms with Gasteiger partial charge in [-0.25, -0.2) is 5.43 Å². The molecule has 2 aromatic rings. The van der Waals surface area contributed by atoms with Crippen molar-refractivity contribution in [2.45, 2.75) is 24.8 Å². The van der Waals surface area contributed by atoms with Crippen LogP contribution >= 0.6 is 0 Å². The van der Waals surface area contributed by atoms with Crippen molar-refractivity contribution >= 4 is 11.8 Å². The lowest BCUT2D eigenvalue weighted by Crippen LogP contribution is -2.60. The lowest BCUT2D eigenvalue weighted by molar-refractivity contribution is -0.140. The molecule has 2 N–H and O–H groups in total. The summed E-state index contributed by atoms with van der Waals surface area (Å²) in [4.78, 5) is 33.6. The number of amides is 2. The molecule has 9 nitrogen and oxygen atoms in total. The van der Waals surface area contributed by atoms with Gasteiger partial charge in [0.05, 0.1) is 5.92 Å². The first-order valence-electron chi connectivity index (χ1n) is 7.78. The zero-order valence-electron chi connectivity index (χ0n) is 12.8. The van der Waals surface area contributed by atoms with E-state index in [0.717, 1.165) is 5.56 Å². The Hall–Kier alpha value is -2.81. The van der Waals surface area contributed by atoms with E-state index in [1.165, 1.54) is 0 Å². The smallest absolute Gasteiger partial charge is 0.241 e. The molecule has 2 aliphatic rings. The van der Waals surface area contributed by atoms with Gasteiger partial charge in [0.15, 0.2) is 0 Å². The first kappa shape index (κ1) is 14.8. The molecule has 2 aliphatic heterocycles. The number of aromatic nitrogens is 3. The summed E-state index contributed by atoms with van der Waals surface area (Å²) >= 11 is 0. The summed E-state index contributed by atoms with van der Waals surface area (Å²) in [5, 5.41) is 3.97. The van der Waals surface area contributed by atoms with E-state index in [9.17, 15) is 9.59 Å². The summed E-state index contributed by atoms with van der Waals surface area (Å²) in [6.07, 6.45) is 4.23. The highest BCUT2D eigenvalue weighted by Crippen LogP contribution is 2.28. The van der Waals surface area contributed by atoms with Crippen LogP contribution in [0.2, 0.25) is 0 Å². The maximum Gasteiger partial charge on any atom is 0.241 e. The molecule has 4 heterocycles. The molecule has 2 saturated heterocycles. The molecule has 2 amide bonds. The first-order chi connectivity index (χ1) is 11.7. The molecule has 1 unspecified atom stereocenters. The van der Waals surface area contributed by atoms with Crippen LogP contribution in [-0.4, -0.2) is 51.0 Å². The fraction of sp³-hybridized carbons (Fsp3) is 0.400. The molecule has 4 rings (SSSR count). The summed E-state index contributed by atoms with van der Waals surface area (Å²) in [6, 6.07) is 3.31. The number of nitrogens with zero attached hydrogens (tertiary/aromatic N) is 4. The minimum atomic E-state index is -0.364. The van der Waals surface area contributed by atoms with Crippen molar-refractivity contribution < 1.29 is 14.1 Å². The largest absolute Gasteiger partial charge is 0.340 e. The average Bonchev–Trinajstić information content (AvgIpc) is 3.04. The monoisotopic (exact) mass is 328 g/mol. The standard InChI is InChI=1S/C15H16N6O3/c22-12-4-3-11(18-19-12)15(23)21-7-10(8-21)14-17-13(20-24-14)9-2-1-5-16-6-9/h1-2,5-6,10-11,18H,3-4,7-8H2,(H,19,22). The lowest BCUT2D eigenvalue weighted by Gasteiger charge is -2.39. The van der Waals surface area contributed by atoms with Gasteiger partial charge in [0.2, 0.25) is 23.5 Å². The fourth-order valence-electron chi connectivity index (χ4n) is 2.81. The van der Waals surface area contributed by atoms with E-state index in [0.29, 0.717) is 37.6 Å². The molecule has 0 aromatic carbocycles. The van der Waals surface area contributed by atoms with Crippen molar-refractivity contribution in [2.75, 3.05) is 13.1 Å². The van der Waals surface area contributed by atoms with E-state index in [4.69, 9.17) is 4.52 Å². The Balaban J connectivity index is 1.35. The van der Waals surface area contributed by atoms with Crippen LogP contribution < -0.4 is 10.9 Å². The molecule has 0 spiro atoms. The van der Waals surface area contributed by atoms with E-state index >= 15 is 0 Å². The molecule has 9 heteroatoms. The third-order valence-corrected chi connectivity index (χ3v) is 4.25. The third-order valence-electron chi connectivity index (χ3n) is 4.25. The Labute approximate surface area is 137 Å². The molecule has 1 atom stereocenters. The van der Waals surface area contributed by atoms with Crippen molar-refractivity contribution in [3.63, 3.8) is 0 Å². The van der Waals surface area contributed by atoms with Gasteiger partial charge in [-0.3, -0.25) is 20.0 Å². The molecule has 2 fully saturated rings. The van der Waals surface area contributed by atoms with Crippen molar-refractivity contribution in [1.82, 2.24) is 30.9 Å². The number of hydrogen-bond acceptors (Lipinski definition) is 7. The molecule has 0 radical (unpaired) electrons. The van der Waals surface area contributed by atoms with Crippen LogP contribution in [0.5, 0.6) is 0 Å². The van der Waals surface area contributed by atoms with Gasteiger partial charge < -0.3 is 9.42 Å². The van der Waals surface area contributed by atoms with E-state index < -0.39 is 0 Å². The topological polar surface area (TPSA) is 113 Å². The Kier molecular flexibility index (Phi) is 3.69. The van der Waals surface area contributed by atoms with E-state index in [-0.39, 0.29) is 23.8 Å². The van der Waals surface area contributed by atoms with Crippen LogP contribution in [-0.2, 0) is 9.59 Å². The average molecular weight is 328 g/mol. The quantitative estimate of drug-likeness (QED) is 0.805. The summed E-state index contributed by atoms with van der Waals surface area (Å²) in [5.74, 6) is 0.972. The Bertz CT molecular complexity index is 746. The van der Waals surface area contributed by atoms with Gasteiger partial charge >= 0.3 is 0 Å². The number of nitrogens with one attached hydrogen (secondary N) is 2. The fourth-order valence-corrected chi connectivity index (χ4v) is 2.81. The zero-order chi connectivity index (χ0) is 16.5. The van der Waals surface area contributed by atoms with E-state index in [1.54, 1.807) is 17.3 Å². The Morgan fingerprint density at radius 1 is 1.38 bits per heavy atom. The van der Waals surface area contributed by atoms with Gasteiger partial charge in [-0.15, -0.1) is 0 Å². The summed E-state index contributed by atoms with van der Waals surface area (Å²) in [5.41, 5.74) is 6.04. The molecule has 0 saturated carbocycles. The number of likely N-dealkylation sites (tertiary alicyclic amines) is 1. The van der Waals surface area contributed by atoms with Gasteiger partial charge in [-0.1, -0.05) is 5.16 Å². The summed E-state index contributed by atoms with van der Waals surface area (Å²) in [6.45, 7) is 1.08. The van der Waals surface area contributed by atoms with Crippen molar-refractivity contribution in [2.24, 2.45) is 0 Å². The molecule has 0 bridgehead atoms. The van der Waals surface area contributed by atoms with E-state index in [2.05, 4.69) is 26.0 Å². The van der Waals surface area contributed by atoms with Gasteiger partial charge in [0.1, 0.15) is 6.04 Å². The SMILES string of the molecule is O=C1CCC(C(=O)N2CC(c3nc(-c4cccnc4)no3)C2)NN1. The van der Waals surface area contributed by atoms with Crippen LogP contribution in [0.25, 0.3) is 11.4 Å². The molecular weight excluding hydrogens is 312 g/mol. The highest BCUT2D eigenvalue weighted by molar-refractivity contribution is 5.86. The number of pyridine rings is 1. The van der Waals surface area contributed by atoms with Gasteiger partial charge in [-0.2, -0.15) is 4.98 Å². The van der Waals surface area contributed by atoms with E-state index in [1.807, 2.05) is 12.1 Å². The molecule has 2 aromatic heterocycles. The van der Waals surface area contributed by atoms with Gasteiger partial charge in [0.25, 0.3) is 0 Å². The highest BCUT2D eigenvalue weighted by Gasteiger charge is 2.39. The maximum atomic E-state index is 12.3. The molecular formula is C15H16N6O3. The zero-order valence-corrected chi connectivity index (χ0v) is 12.8. The minimum absolute atomic E-state index is 0.0155. The Morgan fingerprint density at radius 3 is 2.96 bits per heavy atom. The predicted molar refractivity (Wildman–Crippen MR) is 81.2 cm³/mol. The number of carbonyl (C=O) groups is 2. The van der Waals surface area contributed by atoms with Crippen LogP contribution in [0.15, 0.2) is 29.0 Å². The normalized spacial score (nSPS) is 21.2. The number of carbonyl (C=O) groups excluding carboxylic acids is 2. The van der Waals surface area contributed by atoms with Gasteiger partial charge in [0, 0.05) is 37.5 Å². The summed E-state index contributed by atoms with van der Waals surface area (Å²) in [7, 11) is 0. The van der Waals surface area contributed by atoms with Crippen molar-refractivity contribution in [3.05, 3.63) is 30.4 Å². The molecule has 0 aliphatic carbocycles. The van der Waals surface area contributed by atoms with Crippen molar-refractivity contribution in [1.29, 1.82) is 0 Å². The second-order valence-corrected chi connectivity index (χ2v) is 5.92. The number of hydrazine groups is 1. The maximum absolute atomic E-state index is 12.3. The van der Waals surface area contributed by atoms with Crippen molar-refractivity contribution in [3.8, 4) is 11.4 Å². The predicted octanol–water partition coefficient (Wildman–Crippen LogP) is -0.159. The van der Waals surface area contributed by atoms with Crippen LogP contribution in [0.1, 0.15) is 24.7 Å². The minimum Gasteiger partial charge on any atom is -0.340 e. The Morgan fingerprint density at radius 2 is 2.25 bits per heavy atom. The highest BCUT2D eigenvalue weighted by atomic mass is 16.5. The van der Waals surface area contributed by atoms with Crippen LogP contribution in [0.4, 0.5) is 0 Å². The molecule has 124 valence electrons. The van der Waals surface area contributed by atoms with Crippen LogP contribution in [0, 0.1) is 0 Å². The second kappa shape index (κ2) is 6.00.